The standard InChI is InChI=1S/C19H21F3N2O5S2/c20-19(21,22)13-3-5-15(6-4-13)29-12-14(25)11-23-18(26)17-16(7-10-30-17)31(27,28)24-8-1-2-9-24/h3-7,10,14,25H,1-2,8-9,11-12H2,(H,23,26). The average molecular weight is 479 g/mol. The van der Waals surface area contributed by atoms with Gasteiger partial charge in [0, 0.05) is 19.6 Å². The van der Waals surface area contributed by atoms with Crippen molar-refractivity contribution in [3.8, 4) is 5.75 Å². The van der Waals surface area contributed by atoms with Crippen LogP contribution in [0.25, 0.3) is 0 Å². The van der Waals surface area contributed by atoms with Gasteiger partial charge in [0.25, 0.3) is 5.91 Å². The van der Waals surface area contributed by atoms with Crippen LogP contribution in [0.1, 0.15) is 28.1 Å². The Morgan fingerprint density at radius 3 is 2.45 bits per heavy atom. The molecule has 31 heavy (non-hydrogen) atoms. The number of thiophene rings is 1. The lowest BCUT2D eigenvalue weighted by atomic mass is 10.2. The highest BCUT2D eigenvalue weighted by molar-refractivity contribution is 7.89. The van der Waals surface area contributed by atoms with Gasteiger partial charge in [0.1, 0.15) is 28.2 Å². The van der Waals surface area contributed by atoms with E-state index >= 15 is 0 Å². The maximum absolute atomic E-state index is 12.7. The molecule has 12 heteroatoms. The Morgan fingerprint density at radius 1 is 1.19 bits per heavy atom. The summed E-state index contributed by atoms with van der Waals surface area (Å²) >= 11 is 0.986. The van der Waals surface area contributed by atoms with Crippen LogP contribution in [-0.4, -0.2) is 56.1 Å². The highest BCUT2D eigenvalue weighted by Crippen LogP contribution is 2.30. The second-order valence-electron chi connectivity index (χ2n) is 6.92. The summed E-state index contributed by atoms with van der Waals surface area (Å²) in [6.07, 6.45) is -4.05. The predicted molar refractivity (Wildman–Crippen MR) is 108 cm³/mol. The molecular formula is C19H21F3N2O5S2. The molecule has 1 aliphatic heterocycles. The SMILES string of the molecule is O=C(NCC(O)COc1ccc(C(F)(F)F)cc1)c1sccc1S(=O)(=O)N1CCCC1. The van der Waals surface area contributed by atoms with Crippen LogP contribution in [-0.2, 0) is 16.2 Å². The smallest absolute Gasteiger partial charge is 0.416 e. The molecule has 2 aromatic rings. The Hall–Kier alpha value is -2.15. The lowest BCUT2D eigenvalue weighted by molar-refractivity contribution is -0.137. The third-order valence-electron chi connectivity index (χ3n) is 4.64. The van der Waals surface area contributed by atoms with Gasteiger partial charge >= 0.3 is 6.18 Å². The first-order valence-corrected chi connectivity index (χ1v) is 11.7. The van der Waals surface area contributed by atoms with Crippen molar-refractivity contribution in [3.63, 3.8) is 0 Å². The summed E-state index contributed by atoms with van der Waals surface area (Å²) in [5.74, 6) is -0.503. The van der Waals surface area contributed by atoms with Crippen LogP contribution < -0.4 is 10.1 Å². The highest BCUT2D eigenvalue weighted by Gasteiger charge is 2.32. The number of hydrogen-bond acceptors (Lipinski definition) is 6. The molecule has 2 heterocycles. The van der Waals surface area contributed by atoms with E-state index in [0.717, 1.165) is 48.4 Å². The van der Waals surface area contributed by atoms with Crippen molar-refractivity contribution in [3.05, 3.63) is 46.2 Å². The van der Waals surface area contributed by atoms with E-state index in [0.29, 0.717) is 13.1 Å². The number of aliphatic hydroxyl groups is 1. The van der Waals surface area contributed by atoms with Gasteiger partial charge in [-0.15, -0.1) is 11.3 Å². The number of nitrogens with one attached hydrogen (secondary N) is 1. The largest absolute Gasteiger partial charge is 0.491 e. The molecule has 0 bridgehead atoms. The number of alkyl halides is 3. The lowest BCUT2D eigenvalue weighted by Crippen LogP contribution is -2.36. The number of amides is 1. The van der Waals surface area contributed by atoms with Crippen LogP contribution in [0.2, 0.25) is 0 Å². The van der Waals surface area contributed by atoms with E-state index in [4.69, 9.17) is 4.74 Å². The number of benzene rings is 1. The fraction of sp³-hybridized carbons (Fsp3) is 0.421. The summed E-state index contributed by atoms with van der Waals surface area (Å²) < 4.78 is 69.7. The van der Waals surface area contributed by atoms with Gasteiger partial charge in [-0.2, -0.15) is 17.5 Å². The second-order valence-corrected chi connectivity index (χ2v) is 9.74. The Morgan fingerprint density at radius 2 is 1.84 bits per heavy atom. The molecular weight excluding hydrogens is 457 g/mol. The van der Waals surface area contributed by atoms with Gasteiger partial charge < -0.3 is 15.2 Å². The van der Waals surface area contributed by atoms with E-state index in [9.17, 15) is 31.5 Å². The third-order valence-corrected chi connectivity index (χ3v) is 7.62. The summed E-state index contributed by atoms with van der Waals surface area (Å²) in [6.45, 7) is 0.341. The van der Waals surface area contributed by atoms with Crippen molar-refractivity contribution in [1.29, 1.82) is 0 Å². The monoisotopic (exact) mass is 478 g/mol. The number of halogens is 3. The number of carbonyl (C=O) groups excluding carboxylic acids is 1. The first-order chi connectivity index (χ1) is 14.6. The molecule has 1 aromatic carbocycles. The topological polar surface area (TPSA) is 95.9 Å². The molecule has 3 rings (SSSR count). The Kier molecular flexibility index (Phi) is 7.24. The van der Waals surface area contributed by atoms with E-state index in [1.165, 1.54) is 15.8 Å². The Labute approximate surface area is 181 Å². The zero-order valence-corrected chi connectivity index (χ0v) is 17.9. The number of hydrogen-bond donors (Lipinski definition) is 2. The zero-order chi connectivity index (χ0) is 22.6. The van der Waals surface area contributed by atoms with E-state index in [1.54, 1.807) is 0 Å². The van der Waals surface area contributed by atoms with Crippen molar-refractivity contribution in [2.45, 2.75) is 30.0 Å². The van der Waals surface area contributed by atoms with Crippen LogP contribution in [0.15, 0.2) is 40.6 Å². The van der Waals surface area contributed by atoms with E-state index in [-0.39, 0.29) is 28.7 Å². The summed E-state index contributed by atoms with van der Waals surface area (Å²) in [5.41, 5.74) is -0.816. The van der Waals surface area contributed by atoms with E-state index in [1.807, 2.05) is 0 Å². The van der Waals surface area contributed by atoms with E-state index in [2.05, 4.69) is 5.32 Å². The fourth-order valence-corrected chi connectivity index (χ4v) is 5.85. The lowest BCUT2D eigenvalue weighted by Gasteiger charge is -2.16. The second kappa shape index (κ2) is 9.55. The fourth-order valence-electron chi connectivity index (χ4n) is 3.02. The maximum atomic E-state index is 12.7. The number of carbonyl (C=O) groups is 1. The molecule has 1 unspecified atom stereocenters. The summed E-state index contributed by atoms with van der Waals surface area (Å²) in [4.78, 5) is 12.4. The molecule has 7 nitrogen and oxygen atoms in total. The van der Waals surface area contributed by atoms with E-state index < -0.39 is 33.8 Å². The molecule has 1 fully saturated rings. The van der Waals surface area contributed by atoms with Gasteiger partial charge in [0.15, 0.2) is 0 Å². The molecule has 2 N–H and O–H groups in total. The van der Waals surface area contributed by atoms with Crippen LogP contribution in [0.5, 0.6) is 5.75 Å². The van der Waals surface area contributed by atoms with Gasteiger partial charge in [0.05, 0.1) is 5.56 Å². The van der Waals surface area contributed by atoms with Gasteiger partial charge in [-0.05, 0) is 48.6 Å². The number of aliphatic hydroxyl groups excluding tert-OH is 1. The van der Waals surface area contributed by atoms with Gasteiger partial charge in [-0.1, -0.05) is 0 Å². The van der Waals surface area contributed by atoms with Crippen molar-refractivity contribution < 1.29 is 36.2 Å². The first-order valence-electron chi connectivity index (χ1n) is 9.43. The van der Waals surface area contributed by atoms with Crippen LogP contribution >= 0.6 is 11.3 Å². The molecule has 0 aliphatic carbocycles. The Bertz CT molecular complexity index is 1000. The highest BCUT2D eigenvalue weighted by atomic mass is 32.2. The van der Waals surface area contributed by atoms with Crippen LogP contribution in [0.3, 0.4) is 0 Å². The van der Waals surface area contributed by atoms with Gasteiger partial charge in [0.2, 0.25) is 10.0 Å². The molecule has 1 aromatic heterocycles. The summed E-state index contributed by atoms with van der Waals surface area (Å²) in [7, 11) is -3.75. The molecule has 1 saturated heterocycles. The summed E-state index contributed by atoms with van der Waals surface area (Å²) in [6, 6.07) is 5.38. The molecule has 170 valence electrons. The molecule has 0 saturated carbocycles. The molecule has 1 amide bonds. The van der Waals surface area contributed by atoms with Crippen LogP contribution in [0.4, 0.5) is 13.2 Å². The zero-order valence-electron chi connectivity index (χ0n) is 16.3. The predicted octanol–water partition coefficient (Wildman–Crippen LogP) is 2.72. The minimum atomic E-state index is -4.45. The normalized spacial score (nSPS) is 16.3. The first kappa shape index (κ1) is 23.5. The Balaban J connectivity index is 1.53. The van der Waals surface area contributed by atoms with Crippen molar-refractivity contribution >= 4 is 27.3 Å². The van der Waals surface area contributed by atoms with Gasteiger partial charge in [-0.25, -0.2) is 8.42 Å². The average Bonchev–Trinajstić information content (AvgIpc) is 3.42. The number of sulfonamides is 1. The quantitative estimate of drug-likeness (QED) is 0.608. The minimum absolute atomic E-state index is 0.0303. The van der Waals surface area contributed by atoms with Gasteiger partial charge in [-0.3, -0.25) is 4.79 Å². The van der Waals surface area contributed by atoms with Crippen molar-refractivity contribution in [1.82, 2.24) is 9.62 Å². The van der Waals surface area contributed by atoms with Crippen molar-refractivity contribution in [2.75, 3.05) is 26.2 Å². The van der Waals surface area contributed by atoms with Crippen LogP contribution in [0, 0.1) is 0 Å². The number of rotatable bonds is 8. The minimum Gasteiger partial charge on any atom is -0.491 e. The molecule has 0 spiro atoms. The molecule has 1 aliphatic rings. The van der Waals surface area contributed by atoms with Crippen molar-refractivity contribution in [2.24, 2.45) is 0 Å². The maximum Gasteiger partial charge on any atom is 0.416 e. The third kappa shape index (κ3) is 5.76. The molecule has 0 radical (unpaired) electrons. The number of ether oxygens (including phenoxy) is 1. The molecule has 1 atom stereocenters. The number of nitrogens with zero attached hydrogens (tertiary/aromatic N) is 1. The summed E-state index contributed by atoms with van der Waals surface area (Å²) in [5, 5.41) is 14.0.